The Morgan fingerprint density at radius 2 is 2.10 bits per heavy atom. The number of carbonyl (C=O) groups excluding carboxylic acids is 1. The predicted molar refractivity (Wildman–Crippen MR) is 76.8 cm³/mol. The summed E-state index contributed by atoms with van der Waals surface area (Å²) >= 11 is 1.21. The maximum absolute atomic E-state index is 11.9. The first-order valence-electron chi connectivity index (χ1n) is 6.98. The van der Waals surface area contributed by atoms with E-state index in [1.807, 2.05) is 4.90 Å². The number of sulfone groups is 1. The summed E-state index contributed by atoms with van der Waals surface area (Å²) in [6.07, 6.45) is 2.66. The Kier molecular flexibility index (Phi) is 4.21. The molecule has 0 aromatic carbocycles. The summed E-state index contributed by atoms with van der Waals surface area (Å²) in [4.78, 5) is 13.7. The van der Waals surface area contributed by atoms with Crippen LogP contribution in [-0.2, 0) is 14.6 Å². The molecule has 0 spiro atoms. The van der Waals surface area contributed by atoms with Gasteiger partial charge in [-0.25, -0.2) is 8.42 Å². The fourth-order valence-electron chi connectivity index (χ4n) is 2.61. The predicted octanol–water partition coefficient (Wildman–Crippen LogP) is 0.686. The second-order valence-electron chi connectivity index (χ2n) is 5.38. The lowest BCUT2D eigenvalue weighted by Gasteiger charge is -2.13. The van der Waals surface area contributed by atoms with Crippen LogP contribution in [0, 0.1) is 0 Å². The molecule has 0 aliphatic carbocycles. The summed E-state index contributed by atoms with van der Waals surface area (Å²) in [6, 6.07) is 0. The van der Waals surface area contributed by atoms with Crippen molar-refractivity contribution in [3.63, 3.8) is 0 Å². The van der Waals surface area contributed by atoms with Crippen molar-refractivity contribution in [1.29, 1.82) is 0 Å². The van der Waals surface area contributed by atoms with Crippen molar-refractivity contribution < 1.29 is 17.6 Å². The van der Waals surface area contributed by atoms with Crippen LogP contribution in [0.4, 0.5) is 0 Å². The normalized spacial score (nSPS) is 24.6. The van der Waals surface area contributed by atoms with E-state index in [9.17, 15) is 13.2 Å². The van der Waals surface area contributed by atoms with E-state index in [1.165, 1.54) is 11.8 Å². The Morgan fingerprint density at radius 1 is 1.33 bits per heavy atom. The molecule has 116 valence electrons. The van der Waals surface area contributed by atoms with Gasteiger partial charge in [0.25, 0.3) is 5.22 Å². The van der Waals surface area contributed by atoms with E-state index in [-0.39, 0.29) is 29.1 Å². The molecule has 0 N–H and O–H groups in total. The van der Waals surface area contributed by atoms with Gasteiger partial charge in [-0.3, -0.25) is 4.79 Å². The zero-order valence-corrected chi connectivity index (χ0v) is 13.2. The largest absolute Gasteiger partial charge is 0.416 e. The number of likely N-dealkylation sites (tertiary alicyclic amines) is 1. The minimum Gasteiger partial charge on any atom is -0.416 e. The number of thioether (sulfide) groups is 1. The third-order valence-corrected chi connectivity index (χ3v) is 6.35. The van der Waals surface area contributed by atoms with Crippen LogP contribution in [0.25, 0.3) is 0 Å². The molecule has 7 nitrogen and oxygen atoms in total. The highest BCUT2D eigenvalue weighted by Gasteiger charge is 2.32. The summed E-state index contributed by atoms with van der Waals surface area (Å²) in [6.45, 7) is 1.66. The summed E-state index contributed by atoms with van der Waals surface area (Å²) < 4.78 is 28.4. The molecular formula is C12H17N3O4S2. The Labute approximate surface area is 127 Å². The van der Waals surface area contributed by atoms with Crippen LogP contribution >= 0.6 is 11.8 Å². The smallest absolute Gasteiger partial charge is 0.277 e. The van der Waals surface area contributed by atoms with Crippen molar-refractivity contribution in [2.75, 3.05) is 30.3 Å². The average Bonchev–Trinajstić information content (AvgIpc) is 3.15. The summed E-state index contributed by atoms with van der Waals surface area (Å²) in [5, 5.41) is 8.14. The second-order valence-corrected chi connectivity index (χ2v) is 8.54. The van der Waals surface area contributed by atoms with Gasteiger partial charge < -0.3 is 9.32 Å². The van der Waals surface area contributed by atoms with E-state index in [0.717, 1.165) is 25.9 Å². The molecule has 1 aromatic heterocycles. The molecule has 0 bridgehead atoms. The molecule has 2 saturated heterocycles. The van der Waals surface area contributed by atoms with Crippen LogP contribution in [0.2, 0.25) is 0 Å². The number of nitrogens with zero attached hydrogens (tertiary/aromatic N) is 3. The number of carbonyl (C=O) groups is 1. The Morgan fingerprint density at radius 3 is 2.76 bits per heavy atom. The minimum absolute atomic E-state index is 0.0754. The highest BCUT2D eigenvalue weighted by molar-refractivity contribution is 7.99. The topological polar surface area (TPSA) is 93.4 Å². The van der Waals surface area contributed by atoms with E-state index in [0.29, 0.717) is 17.5 Å². The van der Waals surface area contributed by atoms with Crippen LogP contribution in [0.3, 0.4) is 0 Å². The van der Waals surface area contributed by atoms with Gasteiger partial charge >= 0.3 is 0 Å². The van der Waals surface area contributed by atoms with E-state index in [4.69, 9.17) is 4.42 Å². The highest BCUT2D eigenvalue weighted by atomic mass is 32.2. The molecule has 2 fully saturated rings. The molecule has 2 aliphatic rings. The van der Waals surface area contributed by atoms with Gasteiger partial charge in [0.15, 0.2) is 9.84 Å². The summed E-state index contributed by atoms with van der Waals surface area (Å²) in [5.74, 6) is 0.783. The number of hydrogen-bond acceptors (Lipinski definition) is 7. The maximum Gasteiger partial charge on any atom is 0.277 e. The molecule has 2 aliphatic heterocycles. The molecule has 1 atom stereocenters. The molecule has 0 saturated carbocycles. The molecular weight excluding hydrogens is 314 g/mol. The van der Waals surface area contributed by atoms with Gasteiger partial charge in [0.05, 0.1) is 23.2 Å². The van der Waals surface area contributed by atoms with Gasteiger partial charge in [0.1, 0.15) is 0 Å². The van der Waals surface area contributed by atoms with Gasteiger partial charge in [0, 0.05) is 13.1 Å². The molecule has 0 unspecified atom stereocenters. The number of amides is 1. The summed E-state index contributed by atoms with van der Waals surface area (Å²) in [7, 11) is -2.97. The Hall–Kier alpha value is -1.09. The van der Waals surface area contributed by atoms with Crippen LogP contribution < -0.4 is 0 Å². The first-order valence-corrected chi connectivity index (χ1v) is 9.78. The molecule has 21 heavy (non-hydrogen) atoms. The van der Waals surface area contributed by atoms with Gasteiger partial charge in [0.2, 0.25) is 11.8 Å². The number of hydrogen-bond donors (Lipinski definition) is 0. The first-order chi connectivity index (χ1) is 10.0. The average molecular weight is 331 g/mol. The standard InChI is InChI=1S/C12H17N3O4S2/c16-10(15-4-1-2-5-15)7-20-12-14-13-11(19-12)9-3-6-21(17,18)8-9/h9H,1-8H2/t9-/m1/s1. The maximum atomic E-state index is 11.9. The molecule has 0 radical (unpaired) electrons. The van der Waals surface area contributed by atoms with Crippen LogP contribution in [0.5, 0.6) is 0 Å². The van der Waals surface area contributed by atoms with Gasteiger partial charge in [-0.1, -0.05) is 11.8 Å². The number of rotatable bonds is 4. The SMILES string of the molecule is O=C(CSc1nnc([C@@H]2CCS(=O)(=O)C2)o1)N1CCCC1. The molecule has 1 amide bonds. The lowest BCUT2D eigenvalue weighted by Crippen LogP contribution is -2.29. The van der Waals surface area contributed by atoms with Gasteiger partial charge in [-0.2, -0.15) is 0 Å². The monoisotopic (exact) mass is 331 g/mol. The fourth-order valence-corrected chi connectivity index (χ4v) is 5.02. The lowest BCUT2D eigenvalue weighted by atomic mass is 10.1. The zero-order chi connectivity index (χ0) is 14.9. The molecule has 9 heteroatoms. The van der Waals surface area contributed by atoms with E-state index >= 15 is 0 Å². The number of aromatic nitrogens is 2. The fraction of sp³-hybridized carbons (Fsp3) is 0.750. The van der Waals surface area contributed by atoms with E-state index in [2.05, 4.69) is 10.2 Å². The van der Waals surface area contributed by atoms with Gasteiger partial charge in [-0.05, 0) is 19.3 Å². The summed E-state index contributed by atoms with van der Waals surface area (Å²) in [5.41, 5.74) is 0. The molecule has 3 rings (SSSR count). The Balaban J connectivity index is 1.54. The van der Waals surface area contributed by atoms with Crippen molar-refractivity contribution in [3.05, 3.63) is 5.89 Å². The van der Waals surface area contributed by atoms with Gasteiger partial charge in [-0.15, -0.1) is 10.2 Å². The van der Waals surface area contributed by atoms with Crippen LogP contribution in [-0.4, -0.2) is 59.8 Å². The zero-order valence-electron chi connectivity index (χ0n) is 11.5. The Bertz CT molecular complexity index is 622. The third kappa shape index (κ3) is 3.57. The van der Waals surface area contributed by atoms with Crippen molar-refractivity contribution >= 4 is 27.5 Å². The van der Waals surface area contributed by atoms with Crippen molar-refractivity contribution in [1.82, 2.24) is 15.1 Å². The lowest BCUT2D eigenvalue weighted by molar-refractivity contribution is -0.127. The van der Waals surface area contributed by atoms with E-state index in [1.54, 1.807) is 0 Å². The second kappa shape index (κ2) is 5.96. The first kappa shape index (κ1) is 14.8. The minimum atomic E-state index is -2.97. The van der Waals surface area contributed by atoms with Crippen molar-refractivity contribution in [2.45, 2.75) is 30.4 Å². The quantitative estimate of drug-likeness (QED) is 0.749. The highest BCUT2D eigenvalue weighted by Crippen LogP contribution is 2.29. The van der Waals surface area contributed by atoms with Crippen molar-refractivity contribution in [2.24, 2.45) is 0 Å². The third-order valence-electron chi connectivity index (χ3n) is 3.78. The van der Waals surface area contributed by atoms with Crippen molar-refractivity contribution in [3.8, 4) is 0 Å². The van der Waals surface area contributed by atoms with E-state index < -0.39 is 9.84 Å². The molecule has 1 aromatic rings. The van der Waals surface area contributed by atoms with Crippen LogP contribution in [0.1, 0.15) is 31.1 Å². The van der Waals surface area contributed by atoms with Crippen LogP contribution in [0.15, 0.2) is 9.64 Å². The molecule has 3 heterocycles.